The minimum absolute atomic E-state index is 0.168. The Morgan fingerprint density at radius 1 is 0.967 bits per heavy atom. The molecule has 0 spiro atoms. The lowest BCUT2D eigenvalue weighted by molar-refractivity contribution is -0.113. The van der Waals surface area contributed by atoms with E-state index in [0.717, 1.165) is 5.56 Å². The standard InChI is InChI=1S/C23H16FN3OS2/c24-17-11-13-18(14-12-17)25-22(29)26-23-27(19-9-5-2-6-10-19)21(28)20(30-23)15-16-7-3-1-4-8-16/h1-15H,(H,25,29)/b20-15+,26-23?. The predicted octanol–water partition coefficient (Wildman–Crippen LogP) is 5.70. The summed E-state index contributed by atoms with van der Waals surface area (Å²) in [4.78, 5) is 19.7. The van der Waals surface area contributed by atoms with Gasteiger partial charge < -0.3 is 5.32 Å². The van der Waals surface area contributed by atoms with Crippen LogP contribution < -0.4 is 10.2 Å². The fourth-order valence-corrected chi connectivity index (χ4v) is 4.07. The third kappa shape index (κ3) is 4.64. The number of hydrogen-bond donors (Lipinski definition) is 1. The second-order valence-electron chi connectivity index (χ2n) is 6.33. The van der Waals surface area contributed by atoms with Crippen molar-refractivity contribution in [1.29, 1.82) is 0 Å². The maximum atomic E-state index is 13.1. The molecule has 1 amide bonds. The summed E-state index contributed by atoms with van der Waals surface area (Å²) in [5.41, 5.74) is 2.25. The molecule has 1 aliphatic rings. The van der Waals surface area contributed by atoms with Crippen molar-refractivity contribution in [2.75, 3.05) is 10.2 Å². The zero-order valence-corrected chi connectivity index (χ0v) is 17.3. The fourth-order valence-electron chi connectivity index (χ4n) is 2.83. The van der Waals surface area contributed by atoms with Crippen molar-refractivity contribution >= 4 is 57.6 Å². The number of nitrogens with one attached hydrogen (secondary N) is 1. The maximum absolute atomic E-state index is 13.1. The highest BCUT2D eigenvalue weighted by Crippen LogP contribution is 2.36. The molecule has 3 aromatic rings. The normalized spacial score (nSPS) is 16.3. The Morgan fingerprint density at radius 3 is 2.27 bits per heavy atom. The van der Waals surface area contributed by atoms with E-state index in [9.17, 15) is 9.18 Å². The van der Waals surface area contributed by atoms with Crippen LogP contribution in [0.1, 0.15) is 5.56 Å². The first-order valence-corrected chi connectivity index (χ1v) is 10.3. The summed E-state index contributed by atoms with van der Waals surface area (Å²) in [5, 5.41) is 3.59. The van der Waals surface area contributed by atoms with Crippen molar-refractivity contribution in [3.05, 3.63) is 101 Å². The van der Waals surface area contributed by atoms with Gasteiger partial charge in [-0.2, -0.15) is 4.99 Å². The maximum Gasteiger partial charge on any atom is 0.271 e. The minimum atomic E-state index is -0.333. The number of para-hydroxylation sites is 1. The van der Waals surface area contributed by atoms with Crippen molar-refractivity contribution in [2.45, 2.75) is 0 Å². The topological polar surface area (TPSA) is 44.7 Å². The van der Waals surface area contributed by atoms with Crippen LogP contribution in [0.2, 0.25) is 0 Å². The van der Waals surface area contributed by atoms with Crippen molar-refractivity contribution in [3.63, 3.8) is 0 Å². The molecular weight excluding hydrogens is 417 g/mol. The van der Waals surface area contributed by atoms with Gasteiger partial charge in [-0.25, -0.2) is 4.39 Å². The summed E-state index contributed by atoms with van der Waals surface area (Å²) in [6, 6.07) is 24.7. The zero-order chi connectivity index (χ0) is 20.9. The fraction of sp³-hybridized carbons (Fsp3) is 0. The number of thiocarbonyl (C=S) groups is 1. The smallest absolute Gasteiger partial charge is 0.271 e. The van der Waals surface area contributed by atoms with Crippen LogP contribution in [-0.2, 0) is 4.79 Å². The van der Waals surface area contributed by atoms with Crippen molar-refractivity contribution < 1.29 is 9.18 Å². The van der Waals surface area contributed by atoms with Gasteiger partial charge in [0.25, 0.3) is 5.91 Å². The summed E-state index contributed by atoms with van der Waals surface area (Å²) in [5.74, 6) is -0.501. The van der Waals surface area contributed by atoms with E-state index in [1.807, 2.05) is 66.7 Å². The van der Waals surface area contributed by atoms with Crippen LogP contribution >= 0.6 is 24.0 Å². The molecule has 7 heteroatoms. The number of anilines is 2. The highest BCUT2D eigenvalue weighted by Gasteiger charge is 2.34. The molecule has 4 rings (SSSR count). The van der Waals surface area contributed by atoms with Crippen LogP contribution in [0.5, 0.6) is 0 Å². The van der Waals surface area contributed by atoms with E-state index in [0.29, 0.717) is 21.4 Å². The summed E-state index contributed by atoms with van der Waals surface area (Å²) in [6.07, 6.45) is 1.84. The molecule has 30 heavy (non-hydrogen) atoms. The number of halogens is 1. The lowest BCUT2D eigenvalue weighted by Gasteiger charge is -2.15. The zero-order valence-electron chi connectivity index (χ0n) is 15.7. The highest BCUT2D eigenvalue weighted by atomic mass is 32.2. The number of aliphatic imine (C=N–C) groups is 1. The molecule has 0 unspecified atom stereocenters. The van der Waals surface area contributed by atoms with E-state index in [2.05, 4.69) is 10.3 Å². The second kappa shape index (κ2) is 9.02. The molecule has 1 saturated heterocycles. The molecule has 3 aromatic carbocycles. The molecule has 148 valence electrons. The Kier molecular flexibility index (Phi) is 6.02. The summed E-state index contributed by atoms with van der Waals surface area (Å²) in [7, 11) is 0. The van der Waals surface area contributed by atoms with Gasteiger partial charge in [0.2, 0.25) is 0 Å². The number of amides is 1. The van der Waals surface area contributed by atoms with Crippen LogP contribution in [0.15, 0.2) is 94.8 Å². The van der Waals surface area contributed by atoms with Gasteiger partial charge in [-0.3, -0.25) is 9.69 Å². The van der Waals surface area contributed by atoms with Gasteiger partial charge in [-0.05, 0) is 72.0 Å². The van der Waals surface area contributed by atoms with E-state index < -0.39 is 0 Å². The van der Waals surface area contributed by atoms with Crippen LogP contribution in [0.25, 0.3) is 6.08 Å². The Bertz CT molecular complexity index is 1130. The van der Waals surface area contributed by atoms with Crippen LogP contribution in [0.3, 0.4) is 0 Å². The average Bonchev–Trinajstić information content (AvgIpc) is 3.05. The third-order valence-corrected chi connectivity index (χ3v) is 5.37. The van der Waals surface area contributed by atoms with Crippen LogP contribution in [0, 0.1) is 5.82 Å². The van der Waals surface area contributed by atoms with Crippen LogP contribution in [-0.4, -0.2) is 16.2 Å². The van der Waals surface area contributed by atoms with Gasteiger partial charge >= 0.3 is 0 Å². The largest absolute Gasteiger partial charge is 0.331 e. The monoisotopic (exact) mass is 433 g/mol. The van der Waals surface area contributed by atoms with Gasteiger partial charge in [0.05, 0.1) is 10.6 Å². The van der Waals surface area contributed by atoms with E-state index in [1.54, 1.807) is 12.1 Å². The number of carbonyl (C=O) groups excluding carboxylic acids is 1. The number of thioether (sulfide) groups is 1. The summed E-state index contributed by atoms with van der Waals surface area (Å²) in [6.45, 7) is 0. The minimum Gasteiger partial charge on any atom is -0.331 e. The van der Waals surface area contributed by atoms with Crippen LogP contribution in [0.4, 0.5) is 15.8 Å². The first-order chi connectivity index (χ1) is 14.6. The first kappa shape index (κ1) is 20.0. The molecular formula is C23H16FN3OS2. The first-order valence-electron chi connectivity index (χ1n) is 9.09. The summed E-state index contributed by atoms with van der Waals surface area (Å²) < 4.78 is 13.1. The number of hydrogen-bond acceptors (Lipinski definition) is 3. The van der Waals surface area contributed by atoms with Crippen molar-refractivity contribution in [2.24, 2.45) is 4.99 Å². The number of rotatable bonds is 3. The molecule has 1 heterocycles. The van der Waals surface area contributed by atoms with E-state index in [4.69, 9.17) is 12.2 Å². The number of carbonyl (C=O) groups is 1. The summed E-state index contributed by atoms with van der Waals surface area (Å²) >= 11 is 6.61. The Labute approximate surface area is 183 Å². The van der Waals surface area contributed by atoms with E-state index in [1.165, 1.54) is 28.8 Å². The third-order valence-electron chi connectivity index (χ3n) is 4.21. The van der Waals surface area contributed by atoms with E-state index in [-0.39, 0.29) is 16.8 Å². The Hall–Kier alpha value is -3.29. The predicted molar refractivity (Wildman–Crippen MR) is 126 cm³/mol. The van der Waals surface area contributed by atoms with Crippen molar-refractivity contribution in [1.82, 2.24) is 0 Å². The Balaban J connectivity index is 1.65. The molecule has 0 radical (unpaired) electrons. The van der Waals surface area contributed by atoms with Crippen molar-refractivity contribution in [3.8, 4) is 0 Å². The molecule has 0 bridgehead atoms. The Morgan fingerprint density at radius 2 is 1.60 bits per heavy atom. The number of amidine groups is 1. The quantitative estimate of drug-likeness (QED) is 0.425. The lowest BCUT2D eigenvalue weighted by atomic mass is 10.2. The van der Waals surface area contributed by atoms with Gasteiger partial charge in [-0.1, -0.05) is 48.5 Å². The molecule has 1 N–H and O–H groups in total. The van der Waals surface area contributed by atoms with Gasteiger partial charge in [0, 0.05) is 5.69 Å². The lowest BCUT2D eigenvalue weighted by Crippen LogP contribution is -2.29. The molecule has 1 fully saturated rings. The van der Waals surface area contributed by atoms with Gasteiger partial charge in [-0.15, -0.1) is 0 Å². The molecule has 4 nitrogen and oxygen atoms in total. The number of benzene rings is 3. The van der Waals surface area contributed by atoms with Gasteiger partial charge in [0.15, 0.2) is 10.3 Å². The molecule has 0 atom stereocenters. The molecule has 0 aliphatic carbocycles. The molecule has 0 saturated carbocycles. The van der Waals surface area contributed by atoms with E-state index >= 15 is 0 Å². The van der Waals surface area contributed by atoms with Gasteiger partial charge in [0.1, 0.15) is 5.82 Å². The number of nitrogens with zero attached hydrogens (tertiary/aromatic N) is 2. The SMILES string of the molecule is O=C1/C(=C\c2ccccc2)SC(=NC(=S)Nc2ccc(F)cc2)N1c1ccccc1. The molecule has 0 aromatic heterocycles. The second-order valence-corrected chi connectivity index (χ2v) is 7.72. The highest BCUT2D eigenvalue weighted by molar-refractivity contribution is 8.19. The average molecular weight is 434 g/mol. The molecule has 1 aliphatic heterocycles.